The zero-order valence-corrected chi connectivity index (χ0v) is 17.2. The summed E-state index contributed by atoms with van der Waals surface area (Å²) in [5.41, 5.74) is 3.38. The summed E-state index contributed by atoms with van der Waals surface area (Å²) in [4.78, 5) is 25.7. The molecule has 0 bridgehead atoms. The number of benzene rings is 1. The highest BCUT2D eigenvalue weighted by Crippen LogP contribution is 2.23. The first-order valence-corrected chi connectivity index (χ1v) is 10.3. The summed E-state index contributed by atoms with van der Waals surface area (Å²) in [5, 5.41) is 3.24. The molecule has 28 heavy (non-hydrogen) atoms. The number of anilines is 3. The number of aryl methyl sites for hydroxylation is 1. The molecule has 2 heterocycles. The van der Waals surface area contributed by atoms with E-state index in [0.717, 1.165) is 43.9 Å². The van der Waals surface area contributed by atoms with Crippen molar-refractivity contribution < 1.29 is 4.79 Å². The minimum atomic E-state index is -0.0672. The van der Waals surface area contributed by atoms with Gasteiger partial charge in [-0.25, -0.2) is 9.97 Å². The molecule has 0 unspecified atom stereocenters. The monoisotopic (exact) mass is 381 g/mol. The summed E-state index contributed by atoms with van der Waals surface area (Å²) in [6.07, 6.45) is 5.90. The summed E-state index contributed by atoms with van der Waals surface area (Å²) >= 11 is 0. The minimum Gasteiger partial charge on any atom is -0.372 e. The molecule has 1 aliphatic heterocycles. The molecule has 0 radical (unpaired) electrons. The standard InChI is InChI=1S/C22H31N5O/c1-4-5-13-26(3)21(28)20-16-17(2)23-22(25-20)24-18-9-11-19(12-10-18)27-14-7-6-8-15-27/h9-12,16H,4-8,13-15H2,1-3H3,(H,23,24,25). The Morgan fingerprint density at radius 1 is 1.14 bits per heavy atom. The van der Waals surface area contributed by atoms with Gasteiger partial charge in [0.15, 0.2) is 0 Å². The van der Waals surface area contributed by atoms with Crippen LogP contribution in [-0.4, -0.2) is 47.5 Å². The van der Waals surface area contributed by atoms with Crippen LogP contribution in [0.4, 0.5) is 17.3 Å². The Bertz CT molecular complexity index is 784. The zero-order chi connectivity index (χ0) is 19.9. The lowest BCUT2D eigenvalue weighted by atomic mass is 10.1. The Kier molecular flexibility index (Phi) is 6.85. The number of hydrogen-bond acceptors (Lipinski definition) is 5. The van der Waals surface area contributed by atoms with E-state index in [9.17, 15) is 4.79 Å². The number of aromatic nitrogens is 2. The van der Waals surface area contributed by atoms with Gasteiger partial charge in [-0.1, -0.05) is 13.3 Å². The number of hydrogen-bond donors (Lipinski definition) is 1. The summed E-state index contributed by atoms with van der Waals surface area (Å²) in [6, 6.07) is 10.1. The van der Waals surface area contributed by atoms with Crippen LogP contribution in [-0.2, 0) is 0 Å². The van der Waals surface area contributed by atoms with Gasteiger partial charge >= 0.3 is 0 Å². The topological polar surface area (TPSA) is 61.4 Å². The van der Waals surface area contributed by atoms with E-state index in [1.54, 1.807) is 11.0 Å². The van der Waals surface area contributed by atoms with Gasteiger partial charge < -0.3 is 15.1 Å². The van der Waals surface area contributed by atoms with Crippen LogP contribution >= 0.6 is 0 Å². The van der Waals surface area contributed by atoms with E-state index in [2.05, 4.69) is 39.2 Å². The van der Waals surface area contributed by atoms with Crippen LogP contribution in [0.1, 0.15) is 55.2 Å². The van der Waals surface area contributed by atoms with Gasteiger partial charge in [0, 0.05) is 43.8 Å². The molecule has 1 amide bonds. The molecule has 0 saturated carbocycles. The molecule has 1 fully saturated rings. The fraction of sp³-hybridized carbons (Fsp3) is 0.500. The summed E-state index contributed by atoms with van der Waals surface area (Å²) in [6.45, 7) is 7.00. The smallest absolute Gasteiger partial charge is 0.272 e. The molecule has 1 aliphatic rings. The molecule has 1 aromatic heterocycles. The average Bonchev–Trinajstić information content (AvgIpc) is 2.72. The van der Waals surface area contributed by atoms with Crippen LogP contribution in [0.5, 0.6) is 0 Å². The Hall–Kier alpha value is -2.63. The highest BCUT2D eigenvalue weighted by molar-refractivity contribution is 5.92. The third-order valence-corrected chi connectivity index (χ3v) is 5.11. The number of nitrogens with zero attached hydrogens (tertiary/aromatic N) is 4. The van der Waals surface area contributed by atoms with E-state index in [0.29, 0.717) is 11.6 Å². The lowest BCUT2D eigenvalue weighted by molar-refractivity contribution is 0.0787. The molecule has 0 aliphatic carbocycles. The van der Waals surface area contributed by atoms with Crippen molar-refractivity contribution in [2.75, 3.05) is 36.9 Å². The van der Waals surface area contributed by atoms with E-state index in [-0.39, 0.29) is 5.91 Å². The lowest BCUT2D eigenvalue weighted by Gasteiger charge is -2.28. The van der Waals surface area contributed by atoms with Gasteiger partial charge in [0.05, 0.1) is 0 Å². The number of nitrogens with one attached hydrogen (secondary N) is 1. The van der Waals surface area contributed by atoms with Gasteiger partial charge in [0.1, 0.15) is 5.69 Å². The number of carbonyl (C=O) groups is 1. The fourth-order valence-electron chi connectivity index (χ4n) is 3.46. The van der Waals surface area contributed by atoms with Crippen LogP contribution < -0.4 is 10.2 Å². The van der Waals surface area contributed by atoms with Crippen molar-refractivity contribution in [3.8, 4) is 0 Å². The summed E-state index contributed by atoms with van der Waals surface area (Å²) < 4.78 is 0. The summed E-state index contributed by atoms with van der Waals surface area (Å²) in [5.74, 6) is 0.389. The van der Waals surface area contributed by atoms with Gasteiger partial charge in [-0.2, -0.15) is 0 Å². The quantitative estimate of drug-likeness (QED) is 0.771. The minimum absolute atomic E-state index is 0.0672. The van der Waals surface area contributed by atoms with E-state index >= 15 is 0 Å². The maximum atomic E-state index is 12.6. The van der Waals surface area contributed by atoms with Crippen molar-refractivity contribution in [3.63, 3.8) is 0 Å². The first-order chi connectivity index (χ1) is 13.6. The van der Waals surface area contributed by atoms with Crippen molar-refractivity contribution >= 4 is 23.2 Å². The SMILES string of the molecule is CCCCN(C)C(=O)c1cc(C)nc(Nc2ccc(N3CCCCC3)cc2)n1. The van der Waals surface area contributed by atoms with Gasteiger partial charge in [-0.3, -0.25) is 4.79 Å². The van der Waals surface area contributed by atoms with Crippen LogP contribution in [0, 0.1) is 6.92 Å². The number of piperidine rings is 1. The molecule has 0 atom stereocenters. The number of carbonyl (C=O) groups excluding carboxylic acids is 1. The van der Waals surface area contributed by atoms with Gasteiger partial charge in [-0.15, -0.1) is 0 Å². The molecular weight excluding hydrogens is 350 g/mol. The van der Waals surface area contributed by atoms with Crippen LogP contribution in [0.15, 0.2) is 30.3 Å². The Morgan fingerprint density at radius 2 is 1.86 bits per heavy atom. The Balaban J connectivity index is 1.70. The second-order valence-electron chi connectivity index (χ2n) is 7.52. The van der Waals surface area contributed by atoms with Crippen molar-refractivity contribution in [3.05, 3.63) is 41.7 Å². The number of amides is 1. The predicted molar refractivity (Wildman–Crippen MR) is 114 cm³/mol. The van der Waals surface area contributed by atoms with E-state index in [4.69, 9.17) is 0 Å². The fourth-order valence-corrected chi connectivity index (χ4v) is 3.46. The molecule has 6 nitrogen and oxygen atoms in total. The lowest BCUT2D eigenvalue weighted by Crippen LogP contribution is -2.29. The highest BCUT2D eigenvalue weighted by Gasteiger charge is 2.15. The third-order valence-electron chi connectivity index (χ3n) is 5.11. The maximum absolute atomic E-state index is 12.6. The summed E-state index contributed by atoms with van der Waals surface area (Å²) in [7, 11) is 1.82. The highest BCUT2D eigenvalue weighted by atomic mass is 16.2. The average molecular weight is 382 g/mol. The molecule has 150 valence electrons. The maximum Gasteiger partial charge on any atom is 0.272 e. The van der Waals surface area contributed by atoms with Crippen LogP contribution in [0.2, 0.25) is 0 Å². The largest absolute Gasteiger partial charge is 0.372 e. The first-order valence-electron chi connectivity index (χ1n) is 10.3. The number of unbranched alkanes of at least 4 members (excludes halogenated alkanes) is 1. The molecule has 0 spiro atoms. The molecule has 3 rings (SSSR count). The second kappa shape index (κ2) is 9.53. The van der Waals surface area contributed by atoms with Gasteiger partial charge in [0.25, 0.3) is 5.91 Å². The molecular formula is C22H31N5O. The normalized spacial score (nSPS) is 14.0. The van der Waals surface area contributed by atoms with E-state index < -0.39 is 0 Å². The molecule has 1 N–H and O–H groups in total. The van der Waals surface area contributed by atoms with Crippen molar-refractivity contribution in [1.82, 2.24) is 14.9 Å². The second-order valence-corrected chi connectivity index (χ2v) is 7.52. The Labute approximate surface area is 168 Å². The number of rotatable bonds is 7. The predicted octanol–water partition coefficient (Wildman–Crippen LogP) is 4.39. The van der Waals surface area contributed by atoms with Crippen LogP contribution in [0.25, 0.3) is 0 Å². The Morgan fingerprint density at radius 3 is 2.54 bits per heavy atom. The molecule has 1 saturated heterocycles. The zero-order valence-electron chi connectivity index (χ0n) is 17.2. The molecule has 1 aromatic carbocycles. The van der Waals surface area contributed by atoms with Gasteiger partial charge in [0.2, 0.25) is 5.95 Å². The third kappa shape index (κ3) is 5.21. The van der Waals surface area contributed by atoms with Crippen molar-refractivity contribution in [2.24, 2.45) is 0 Å². The van der Waals surface area contributed by atoms with Crippen molar-refractivity contribution in [1.29, 1.82) is 0 Å². The van der Waals surface area contributed by atoms with E-state index in [1.165, 1.54) is 24.9 Å². The molecule has 6 heteroatoms. The van der Waals surface area contributed by atoms with Crippen LogP contribution in [0.3, 0.4) is 0 Å². The van der Waals surface area contributed by atoms with Gasteiger partial charge in [-0.05, 0) is 62.9 Å². The van der Waals surface area contributed by atoms with E-state index in [1.807, 2.05) is 26.1 Å². The molecule has 2 aromatic rings. The first kappa shape index (κ1) is 20.1. The van der Waals surface area contributed by atoms with Crippen molar-refractivity contribution in [2.45, 2.75) is 46.0 Å².